The lowest BCUT2D eigenvalue weighted by Crippen LogP contribution is -2.54. The Morgan fingerprint density at radius 3 is 2.41 bits per heavy atom. The van der Waals surface area contributed by atoms with Crippen molar-refractivity contribution in [1.29, 1.82) is 0 Å². The van der Waals surface area contributed by atoms with Crippen LogP contribution >= 0.6 is 0 Å². The SMILES string of the molecule is C#Cc1ccccc1C(C(=O)NCCC(=O)OCC)N(CCCC)C(=O)C(CO)NC(=O)OC(C)(C)C. The van der Waals surface area contributed by atoms with E-state index >= 15 is 0 Å². The minimum Gasteiger partial charge on any atom is -0.466 e. The van der Waals surface area contributed by atoms with Crippen molar-refractivity contribution in [2.75, 3.05) is 26.3 Å². The Morgan fingerprint density at radius 2 is 1.84 bits per heavy atom. The van der Waals surface area contributed by atoms with Crippen molar-refractivity contribution in [1.82, 2.24) is 15.5 Å². The molecule has 0 aliphatic carbocycles. The van der Waals surface area contributed by atoms with Gasteiger partial charge >= 0.3 is 12.1 Å². The predicted molar refractivity (Wildman–Crippen MR) is 138 cm³/mol. The van der Waals surface area contributed by atoms with Crippen LogP contribution in [-0.2, 0) is 23.9 Å². The van der Waals surface area contributed by atoms with Gasteiger partial charge in [-0.2, -0.15) is 0 Å². The van der Waals surface area contributed by atoms with Gasteiger partial charge in [-0.1, -0.05) is 37.5 Å². The van der Waals surface area contributed by atoms with Crippen LogP contribution in [0.25, 0.3) is 0 Å². The van der Waals surface area contributed by atoms with Gasteiger partial charge in [-0.15, -0.1) is 6.42 Å². The highest BCUT2D eigenvalue weighted by atomic mass is 16.6. The lowest BCUT2D eigenvalue weighted by Gasteiger charge is -2.34. The summed E-state index contributed by atoms with van der Waals surface area (Å²) in [4.78, 5) is 52.5. The zero-order chi connectivity index (χ0) is 28.0. The number of hydrogen-bond acceptors (Lipinski definition) is 7. The fourth-order valence-electron chi connectivity index (χ4n) is 3.47. The monoisotopic (exact) mass is 517 g/mol. The second-order valence-corrected chi connectivity index (χ2v) is 9.25. The van der Waals surface area contributed by atoms with Crippen LogP contribution in [0, 0.1) is 12.3 Å². The largest absolute Gasteiger partial charge is 0.466 e. The third-order valence-corrected chi connectivity index (χ3v) is 5.11. The molecule has 1 aromatic carbocycles. The van der Waals surface area contributed by atoms with Gasteiger partial charge in [0.25, 0.3) is 0 Å². The van der Waals surface area contributed by atoms with Crippen LogP contribution in [0.2, 0.25) is 0 Å². The van der Waals surface area contributed by atoms with E-state index in [2.05, 4.69) is 16.6 Å². The summed E-state index contributed by atoms with van der Waals surface area (Å²) in [6, 6.07) is 4.17. The van der Waals surface area contributed by atoms with Gasteiger partial charge in [0.05, 0.1) is 19.6 Å². The summed E-state index contributed by atoms with van der Waals surface area (Å²) in [5.41, 5.74) is -0.0118. The van der Waals surface area contributed by atoms with Gasteiger partial charge in [-0.05, 0) is 45.7 Å². The molecule has 0 heterocycles. The highest BCUT2D eigenvalue weighted by Crippen LogP contribution is 2.26. The van der Waals surface area contributed by atoms with Crippen molar-refractivity contribution >= 4 is 23.9 Å². The molecule has 0 spiro atoms. The van der Waals surface area contributed by atoms with Gasteiger partial charge in [0.1, 0.15) is 17.7 Å². The summed E-state index contributed by atoms with van der Waals surface area (Å²) < 4.78 is 10.1. The number of aliphatic hydroxyl groups is 1. The van der Waals surface area contributed by atoms with Crippen LogP contribution in [0.15, 0.2) is 24.3 Å². The molecule has 0 fully saturated rings. The molecule has 204 valence electrons. The van der Waals surface area contributed by atoms with E-state index in [1.165, 1.54) is 4.90 Å². The van der Waals surface area contributed by atoms with Crippen molar-refractivity contribution in [3.8, 4) is 12.3 Å². The third-order valence-electron chi connectivity index (χ3n) is 5.11. The topological polar surface area (TPSA) is 134 Å². The molecule has 0 bridgehead atoms. The van der Waals surface area contributed by atoms with Crippen molar-refractivity contribution in [3.05, 3.63) is 35.4 Å². The Hall–Kier alpha value is -3.58. The van der Waals surface area contributed by atoms with Crippen LogP contribution in [0.1, 0.15) is 71.0 Å². The molecule has 0 saturated heterocycles. The molecule has 3 amide bonds. The van der Waals surface area contributed by atoms with Crippen LogP contribution in [0.3, 0.4) is 0 Å². The van der Waals surface area contributed by atoms with Crippen molar-refractivity contribution < 1.29 is 33.8 Å². The Morgan fingerprint density at radius 1 is 1.16 bits per heavy atom. The maximum Gasteiger partial charge on any atom is 0.408 e. The number of unbranched alkanes of at least 4 members (excludes halogenated alkanes) is 1. The number of nitrogens with one attached hydrogen (secondary N) is 2. The summed E-state index contributed by atoms with van der Waals surface area (Å²) >= 11 is 0. The molecule has 2 atom stereocenters. The van der Waals surface area contributed by atoms with Crippen LogP contribution in [0.4, 0.5) is 4.79 Å². The maximum absolute atomic E-state index is 13.7. The summed E-state index contributed by atoms with van der Waals surface area (Å²) in [7, 11) is 0. The quantitative estimate of drug-likeness (QED) is 0.270. The molecule has 0 saturated carbocycles. The fourth-order valence-corrected chi connectivity index (χ4v) is 3.47. The zero-order valence-corrected chi connectivity index (χ0v) is 22.3. The molecule has 0 aromatic heterocycles. The standard InChI is InChI=1S/C27H39N3O7/c1-7-10-17-30(25(34)21(18-31)29-26(35)37-27(4,5)6)23(20-14-12-11-13-19(20)8-2)24(33)28-16-15-22(32)36-9-3/h2,11-14,21,23,31H,7,9-10,15-18H2,1,3-6H3,(H,28,33)(H,29,35). The number of rotatable bonds is 13. The Balaban J connectivity index is 3.38. The molecule has 0 radical (unpaired) electrons. The minimum absolute atomic E-state index is 0.0121. The number of carbonyl (C=O) groups is 4. The summed E-state index contributed by atoms with van der Waals surface area (Å²) in [5, 5.41) is 15.0. The van der Waals surface area contributed by atoms with Crippen molar-refractivity contribution in [2.24, 2.45) is 0 Å². The van der Waals surface area contributed by atoms with Gasteiger partial charge < -0.3 is 30.1 Å². The number of ether oxygens (including phenoxy) is 2. The highest BCUT2D eigenvalue weighted by Gasteiger charge is 2.36. The third kappa shape index (κ3) is 10.5. The first-order valence-corrected chi connectivity index (χ1v) is 12.4. The first kappa shape index (κ1) is 31.4. The van der Waals surface area contributed by atoms with Crippen molar-refractivity contribution in [3.63, 3.8) is 0 Å². The Kier molecular flexibility index (Phi) is 13.2. The number of alkyl carbamates (subject to hydrolysis) is 1. The second-order valence-electron chi connectivity index (χ2n) is 9.25. The van der Waals surface area contributed by atoms with Gasteiger partial charge in [0, 0.05) is 18.7 Å². The van der Waals surface area contributed by atoms with E-state index in [1.807, 2.05) is 6.92 Å². The Labute approximate surface area is 219 Å². The number of nitrogens with zero attached hydrogens (tertiary/aromatic N) is 1. The van der Waals surface area contributed by atoms with E-state index in [0.29, 0.717) is 24.0 Å². The van der Waals surface area contributed by atoms with Gasteiger partial charge in [-0.25, -0.2) is 4.79 Å². The number of benzene rings is 1. The summed E-state index contributed by atoms with van der Waals surface area (Å²) in [6.45, 7) is 8.26. The van der Waals surface area contributed by atoms with Gasteiger partial charge in [-0.3, -0.25) is 14.4 Å². The summed E-state index contributed by atoms with van der Waals surface area (Å²) in [6.07, 6.45) is 6.01. The number of carbonyl (C=O) groups excluding carboxylic acids is 4. The van der Waals surface area contributed by atoms with E-state index < -0.39 is 48.2 Å². The van der Waals surface area contributed by atoms with Crippen LogP contribution in [-0.4, -0.2) is 71.8 Å². The lowest BCUT2D eigenvalue weighted by molar-refractivity contribution is -0.144. The van der Waals surface area contributed by atoms with Crippen molar-refractivity contribution in [2.45, 2.75) is 71.6 Å². The molecule has 3 N–H and O–H groups in total. The highest BCUT2D eigenvalue weighted by molar-refractivity contribution is 5.92. The normalized spacial score (nSPS) is 12.5. The molecular formula is C27H39N3O7. The molecular weight excluding hydrogens is 478 g/mol. The van der Waals surface area contributed by atoms with E-state index in [-0.39, 0.29) is 26.1 Å². The first-order valence-electron chi connectivity index (χ1n) is 12.4. The molecule has 1 rings (SSSR count). The number of amides is 3. The Bertz CT molecular complexity index is 965. The molecule has 0 aliphatic heterocycles. The molecule has 2 unspecified atom stereocenters. The molecule has 10 nitrogen and oxygen atoms in total. The van der Waals surface area contributed by atoms with Crippen LogP contribution in [0.5, 0.6) is 0 Å². The number of aliphatic hydroxyl groups excluding tert-OH is 1. The number of hydrogen-bond donors (Lipinski definition) is 3. The zero-order valence-electron chi connectivity index (χ0n) is 22.3. The fraction of sp³-hybridized carbons (Fsp3) is 0.556. The predicted octanol–water partition coefficient (Wildman–Crippen LogP) is 2.29. The number of esters is 1. The average Bonchev–Trinajstić information content (AvgIpc) is 2.83. The van der Waals surface area contributed by atoms with Gasteiger partial charge in [0.2, 0.25) is 11.8 Å². The smallest absolute Gasteiger partial charge is 0.408 e. The molecule has 37 heavy (non-hydrogen) atoms. The number of terminal acetylenes is 1. The molecule has 0 aliphatic rings. The van der Waals surface area contributed by atoms with Crippen LogP contribution < -0.4 is 10.6 Å². The lowest BCUT2D eigenvalue weighted by atomic mass is 9.97. The van der Waals surface area contributed by atoms with E-state index in [9.17, 15) is 24.3 Å². The average molecular weight is 518 g/mol. The van der Waals surface area contributed by atoms with E-state index in [1.54, 1.807) is 52.0 Å². The second kappa shape index (κ2) is 15.5. The minimum atomic E-state index is -1.36. The molecule has 1 aromatic rings. The van der Waals surface area contributed by atoms with E-state index in [0.717, 1.165) is 0 Å². The maximum atomic E-state index is 13.7. The first-order chi connectivity index (χ1) is 17.5. The molecule has 10 heteroatoms. The van der Waals surface area contributed by atoms with Gasteiger partial charge in [0.15, 0.2) is 0 Å². The van der Waals surface area contributed by atoms with E-state index in [4.69, 9.17) is 15.9 Å². The summed E-state index contributed by atoms with van der Waals surface area (Å²) in [5.74, 6) is 0.828.